The Morgan fingerprint density at radius 1 is 0.843 bits per heavy atom. The molecule has 20 atom stereocenters. The van der Waals surface area contributed by atoms with E-state index >= 15 is 0 Å². The summed E-state index contributed by atoms with van der Waals surface area (Å²) in [6.07, 6.45) is -7.04. The first-order valence-corrected chi connectivity index (χ1v) is 19.1. The Kier molecular flexibility index (Phi) is 11.8. The zero-order valence-corrected chi connectivity index (χ0v) is 30.5. The van der Waals surface area contributed by atoms with Gasteiger partial charge in [-0.15, -0.1) is 0 Å². The lowest BCUT2D eigenvalue weighted by Gasteiger charge is -2.61. The number of hydrogen-bond donors (Lipinski definition) is 9. The van der Waals surface area contributed by atoms with Gasteiger partial charge in [-0.1, -0.05) is 52.8 Å². The molecule has 2 heterocycles. The van der Waals surface area contributed by atoms with Crippen molar-refractivity contribution in [2.45, 2.75) is 153 Å². The Bertz CT molecular complexity index is 1260. The van der Waals surface area contributed by atoms with Crippen LogP contribution in [0.15, 0.2) is 23.8 Å². The molecule has 4 aliphatic carbocycles. The fourth-order valence-electron chi connectivity index (χ4n) is 11.0. The quantitative estimate of drug-likeness (QED) is 0.147. The average molecular weight is 727 g/mol. The van der Waals surface area contributed by atoms with Gasteiger partial charge in [0.15, 0.2) is 12.6 Å². The second-order valence-corrected chi connectivity index (χ2v) is 17.3. The molecule has 0 radical (unpaired) electrons. The first-order chi connectivity index (χ1) is 24.0. The van der Waals surface area contributed by atoms with Crippen molar-refractivity contribution in [3.63, 3.8) is 0 Å². The molecule has 0 unspecified atom stereocenters. The monoisotopic (exact) mass is 726 g/mol. The van der Waals surface area contributed by atoms with Gasteiger partial charge in [-0.25, -0.2) is 0 Å². The number of aliphatic hydroxyl groups is 9. The molecule has 13 nitrogen and oxygen atoms in total. The lowest BCUT2D eigenvalue weighted by Crippen LogP contribution is -2.64. The molecule has 6 rings (SSSR count). The molecule has 3 saturated carbocycles. The molecule has 0 aromatic carbocycles. The summed E-state index contributed by atoms with van der Waals surface area (Å²) >= 11 is 0. The minimum absolute atomic E-state index is 0.00483. The molecule has 6 aliphatic rings. The summed E-state index contributed by atoms with van der Waals surface area (Å²) in [6, 6.07) is 0. The summed E-state index contributed by atoms with van der Waals surface area (Å²) < 4.78 is 23.5. The summed E-state index contributed by atoms with van der Waals surface area (Å²) in [5, 5.41) is 97.1. The van der Waals surface area contributed by atoms with Crippen LogP contribution < -0.4 is 0 Å². The maximum atomic E-state index is 12.0. The van der Waals surface area contributed by atoms with Crippen LogP contribution in [-0.2, 0) is 18.9 Å². The van der Waals surface area contributed by atoms with E-state index in [1.54, 1.807) is 6.08 Å². The van der Waals surface area contributed by atoms with Crippen molar-refractivity contribution in [2.24, 2.45) is 46.3 Å². The Balaban J connectivity index is 1.25. The Morgan fingerprint density at radius 2 is 1.57 bits per heavy atom. The Hall–Kier alpha value is -1.04. The maximum absolute atomic E-state index is 12.0. The first-order valence-electron chi connectivity index (χ1n) is 19.1. The molecule has 0 amide bonds. The highest BCUT2D eigenvalue weighted by Gasteiger charge is 2.64. The summed E-state index contributed by atoms with van der Waals surface area (Å²) in [7, 11) is 0. The van der Waals surface area contributed by atoms with E-state index in [2.05, 4.69) is 46.8 Å². The van der Waals surface area contributed by atoms with Crippen LogP contribution in [0.2, 0.25) is 0 Å². The van der Waals surface area contributed by atoms with Crippen LogP contribution in [0.3, 0.4) is 0 Å². The lowest BCUT2D eigenvalue weighted by atomic mass is 9.46. The highest BCUT2D eigenvalue weighted by atomic mass is 16.8. The number of ether oxygens (including phenoxy) is 4. The second-order valence-electron chi connectivity index (χ2n) is 17.3. The minimum Gasteiger partial charge on any atom is -0.394 e. The largest absolute Gasteiger partial charge is 0.394 e. The van der Waals surface area contributed by atoms with Crippen LogP contribution in [-0.4, -0.2) is 139 Å². The van der Waals surface area contributed by atoms with Crippen LogP contribution >= 0.6 is 0 Å². The molecule has 0 bridgehead atoms. The van der Waals surface area contributed by atoms with Gasteiger partial charge in [0.25, 0.3) is 0 Å². The van der Waals surface area contributed by atoms with Gasteiger partial charge in [0.1, 0.15) is 54.9 Å². The van der Waals surface area contributed by atoms with Gasteiger partial charge in [0, 0.05) is 0 Å². The molecule has 9 N–H and O–H groups in total. The van der Waals surface area contributed by atoms with Crippen LogP contribution in [0.25, 0.3) is 0 Å². The second kappa shape index (κ2) is 15.2. The smallest absolute Gasteiger partial charge is 0.187 e. The molecule has 51 heavy (non-hydrogen) atoms. The van der Waals surface area contributed by atoms with Crippen molar-refractivity contribution in [2.75, 3.05) is 13.2 Å². The van der Waals surface area contributed by atoms with Gasteiger partial charge in [0.05, 0.1) is 25.4 Å². The Labute approximate surface area is 300 Å². The van der Waals surface area contributed by atoms with Crippen molar-refractivity contribution < 1.29 is 64.9 Å². The van der Waals surface area contributed by atoms with E-state index in [9.17, 15) is 46.0 Å². The summed E-state index contributed by atoms with van der Waals surface area (Å²) in [6.45, 7) is 10.2. The molecule has 5 fully saturated rings. The fourth-order valence-corrected chi connectivity index (χ4v) is 11.0. The van der Waals surface area contributed by atoms with Crippen molar-refractivity contribution in [1.29, 1.82) is 0 Å². The third kappa shape index (κ3) is 7.03. The topological polar surface area (TPSA) is 219 Å². The normalized spacial score (nSPS) is 52.3. The van der Waals surface area contributed by atoms with Gasteiger partial charge in [-0.05, 0) is 90.4 Å². The number of hydrogen-bond acceptors (Lipinski definition) is 13. The number of allylic oxidation sites excluding steroid dienone is 2. The fraction of sp³-hybridized carbons (Fsp3) is 0.895. The van der Waals surface area contributed by atoms with Gasteiger partial charge in [-0.3, -0.25) is 0 Å². The first kappa shape index (κ1) is 39.6. The summed E-state index contributed by atoms with van der Waals surface area (Å²) in [5.41, 5.74) is 0.0410. The van der Waals surface area contributed by atoms with Crippen LogP contribution in [0.1, 0.15) is 73.1 Å². The molecule has 0 aromatic heterocycles. The molecular formula is C38H62O13. The van der Waals surface area contributed by atoms with Gasteiger partial charge in [0.2, 0.25) is 0 Å². The lowest BCUT2D eigenvalue weighted by molar-refractivity contribution is -0.363. The van der Waals surface area contributed by atoms with Crippen molar-refractivity contribution in [1.82, 2.24) is 0 Å². The van der Waals surface area contributed by atoms with Gasteiger partial charge >= 0.3 is 0 Å². The van der Waals surface area contributed by atoms with Crippen LogP contribution in [0, 0.1) is 46.3 Å². The van der Waals surface area contributed by atoms with E-state index in [4.69, 9.17) is 18.9 Å². The predicted octanol–water partition coefficient (Wildman–Crippen LogP) is 0.365. The highest BCUT2D eigenvalue weighted by Crippen LogP contribution is 2.67. The van der Waals surface area contributed by atoms with E-state index in [1.165, 1.54) is 0 Å². The molecule has 292 valence electrons. The zero-order chi connectivity index (χ0) is 37.2. The van der Waals surface area contributed by atoms with E-state index in [-0.39, 0.29) is 36.2 Å². The molecule has 13 heteroatoms. The van der Waals surface area contributed by atoms with Crippen LogP contribution in [0.4, 0.5) is 0 Å². The molecule has 0 spiro atoms. The molecule has 0 aromatic rings. The highest BCUT2D eigenvalue weighted by molar-refractivity contribution is 5.33. The van der Waals surface area contributed by atoms with Crippen molar-refractivity contribution in [3.05, 3.63) is 23.8 Å². The third-order valence-corrected chi connectivity index (χ3v) is 13.8. The zero-order valence-electron chi connectivity index (χ0n) is 30.5. The van der Waals surface area contributed by atoms with Crippen molar-refractivity contribution in [3.8, 4) is 0 Å². The maximum Gasteiger partial charge on any atom is 0.187 e. The number of rotatable bonds is 9. The van der Waals surface area contributed by atoms with E-state index in [0.717, 1.165) is 32.1 Å². The molecule has 2 aliphatic heterocycles. The standard InChI is InChI=1S/C38H62O13/c1-17(2)7-6-8-18(3)19-9-10-20-27-21(11-12-37(19,20)4)38(5)14-24(41)28(43)33(22(38)13-23(27)40)50-36-34(29(44)25(42)16-48-36)51-35-32(47)31(46)30(45)26(15-39)49-35/h6,8,13,17-21,23-36,39-47H,7,9-12,14-16H2,1-5H3/b8-6+/t18-,19-,20+,21+,23+,24-,25-,26-,27+,28+,29+,30+,31+,32-,33-,34-,35+,36+,37-,38-/m1/s1. The van der Waals surface area contributed by atoms with Gasteiger partial charge in [-0.2, -0.15) is 0 Å². The molecule has 2 saturated heterocycles. The third-order valence-electron chi connectivity index (χ3n) is 13.8. The van der Waals surface area contributed by atoms with E-state index in [1.807, 2.05) is 0 Å². The summed E-state index contributed by atoms with van der Waals surface area (Å²) in [5.74, 6) is 1.77. The number of fused-ring (bicyclic) bond motifs is 5. The Morgan fingerprint density at radius 3 is 2.25 bits per heavy atom. The molecular weight excluding hydrogens is 664 g/mol. The van der Waals surface area contributed by atoms with Crippen LogP contribution in [0.5, 0.6) is 0 Å². The van der Waals surface area contributed by atoms with Crippen molar-refractivity contribution >= 4 is 0 Å². The predicted molar refractivity (Wildman–Crippen MR) is 182 cm³/mol. The number of aliphatic hydroxyl groups excluding tert-OH is 9. The summed E-state index contributed by atoms with van der Waals surface area (Å²) in [4.78, 5) is 0. The SMILES string of the molecule is CC(C)C/C=C/[C@@H](C)[C@H]1CC[C@H]2[C@@H]3[C@@H](O)C=C4[C@@H](O[C@@H]5OC[C@@H](O)[C@H](O)[C@H]5O[C@@H]5O[C@H](CO)[C@H](O)[C@H](O)[C@H]5O)[C@@H](O)[C@H](O)C[C@]4(C)[C@H]3CC[C@]12C. The minimum atomic E-state index is -1.79. The average Bonchev–Trinajstić information content (AvgIpc) is 3.44. The van der Waals surface area contributed by atoms with E-state index in [0.29, 0.717) is 23.3 Å². The van der Waals surface area contributed by atoms with E-state index < -0.39 is 91.7 Å². The van der Waals surface area contributed by atoms with Gasteiger partial charge < -0.3 is 64.9 Å².